The molecule has 0 aliphatic carbocycles. The van der Waals surface area contributed by atoms with Crippen molar-refractivity contribution in [2.24, 2.45) is 5.14 Å². The number of halogens is 1. The lowest BCUT2D eigenvalue weighted by molar-refractivity contribution is 0.112. The summed E-state index contributed by atoms with van der Waals surface area (Å²) in [5, 5.41) is 7.67. The zero-order valence-corrected chi connectivity index (χ0v) is 10.3. The van der Waals surface area contributed by atoms with Gasteiger partial charge in [-0.2, -0.15) is 0 Å². The molecule has 1 aromatic rings. The Bertz CT molecular complexity index is 505. The second-order valence-corrected chi connectivity index (χ2v) is 5.28. The molecule has 0 radical (unpaired) electrons. The van der Waals surface area contributed by atoms with Crippen molar-refractivity contribution in [3.8, 4) is 0 Å². The Labute approximate surface area is 103 Å². The first-order chi connectivity index (χ1) is 7.94. The fourth-order valence-corrected chi connectivity index (χ4v) is 1.82. The minimum Gasteiger partial charge on any atom is -0.369 e. The van der Waals surface area contributed by atoms with Gasteiger partial charge in [0, 0.05) is 6.54 Å². The number of nitrogens with zero attached hydrogens (tertiary/aromatic N) is 2. The highest BCUT2D eigenvalue weighted by molar-refractivity contribution is 7.89. The molecular weight excluding hydrogens is 268 g/mol. The lowest BCUT2D eigenvalue weighted by Gasteiger charge is -2.07. The van der Waals surface area contributed by atoms with Gasteiger partial charge in [0.25, 0.3) is 0 Å². The molecule has 9 heteroatoms. The van der Waals surface area contributed by atoms with Crippen LogP contribution in [0.4, 0.5) is 5.82 Å². The number of anilines is 1. The number of aldehydes is 1. The van der Waals surface area contributed by atoms with E-state index in [0.717, 1.165) is 0 Å². The Balaban J connectivity index is 2.58. The van der Waals surface area contributed by atoms with E-state index in [1.165, 1.54) is 6.33 Å². The third-order valence-electron chi connectivity index (χ3n) is 1.85. The fourth-order valence-electron chi connectivity index (χ4n) is 1.10. The predicted octanol–water partition coefficient (Wildman–Crippen LogP) is 0.0330. The van der Waals surface area contributed by atoms with Crippen LogP contribution in [0.3, 0.4) is 0 Å². The van der Waals surface area contributed by atoms with E-state index in [4.69, 9.17) is 16.7 Å². The van der Waals surface area contributed by atoms with E-state index < -0.39 is 10.0 Å². The molecule has 0 atom stereocenters. The normalized spacial score (nSPS) is 11.2. The Morgan fingerprint density at radius 1 is 1.47 bits per heavy atom. The number of hydrogen-bond donors (Lipinski definition) is 2. The summed E-state index contributed by atoms with van der Waals surface area (Å²) in [6, 6.07) is 0. The van der Waals surface area contributed by atoms with Gasteiger partial charge in [0.05, 0.1) is 11.3 Å². The maximum Gasteiger partial charge on any atom is 0.209 e. The molecule has 0 amide bonds. The van der Waals surface area contributed by atoms with Crippen molar-refractivity contribution in [3.05, 3.63) is 17.0 Å². The summed E-state index contributed by atoms with van der Waals surface area (Å²) in [4.78, 5) is 18.2. The molecule has 0 saturated heterocycles. The smallest absolute Gasteiger partial charge is 0.209 e. The molecule has 17 heavy (non-hydrogen) atoms. The number of nitrogens with two attached hydrogens (primary N) is 1. The monoisotopic (exact) mass is 278 g/mol. The number of sulfonamides is 1. The van der Waals surface area contributed by atoms with Crippen molar-refractivity contribution in [3.63, 3.8) is 0 Å². The summed E-state index contributed by atoms with van der Waals surface area (Å²) >= 11 is 5.68. The van der Waals surface area contributed by atoms with Gasteiger partial charge < -0.3 is 5.32 Å². The van der Waals surface area contributed by atoms with Gasteiger partial charge in [0.2, 0.25) is 10.0 Å². The van der Waals surface area contributed by atoms with E-state index in [9.17, 15) is 13.2 Å². The molecule has 94 valence electrons. The fraction of sp³-hybridized carbons (Fsp3) is 0.375. The largest absolute Gasteiger partial charge is 0.369 e. The molecule has 3 N–H and O–H groups in total. The maximum absolute atomic E-state index is 10.7. The molecule has 0 aliphatic heterocycles. The Kier molecular flexibility index (Phi) is 4.79. The summed E-state index contributed by atoms with van der Waals surface area (Å²) in [5.74, 6) is 0.129. The van der Waals surface area contributed by atoms with Crippen LogP contribution >= 0.6 is 11.6 Å². The van der Waals surface area contributed by atoms with Crippen LogP contribution in [0.2, 0.25) is 5.15 Å². The molecular formula is C8H11ClN4O3S. The highest BCUT2D eigenvalue weighted by Crippen LogP contribution is 2.16. The van der Waals surface area contributed by atoms with Crippen molar-refractivity contribution in [2.45, 2.75) is 6.42 Å². The van der Waals surface area contributed by atoms with Crippen molar-refractivity contribution >= 4 is 33.7 Å². The summed E-state index contributed by atoms with van der Waals surface area (Å²) in [6.45, 7) is 0.310. The summed E-state index contributed by atoms with van der Waals surface area (Å²) in [5.41, 5.74) is 0.143. The van der Waals surface area contributed by atoms with Gasteiger partial charge in [0.15, 0.2) is 6.29 Å². The first-order valence-corrected chi connectivity index (χ1v) is 6.73. The lowest BCUT2D eigenvalue weighted by Crippen LogP contribution is -2.19. The molecule has 0 unspecified atom stereocenters. The Morgan fingerprint density at radius 2 is 2.18 bits per heavy atom. The van der Waals surface area contributed by atoms with Gasteiger partial charge >= 0.3 is 0 Å². The summed E-state index contributed by atoms with van der Waals surface area (Å²) in [6.07, 6.45) is 2.04. The molecule has 1 heterocycles. The van der Waals surface area contributed by atoms with Crippen molar-refractivity contribution in [1.82, 2.24) is 9.97 Å². The SMILES string of the molecule is NS(=O)(=O)CCCNc1ncnc(Cl)c1C=O. The number of aromatic nitrogens is 2. The van der Waals surface area contributed by atoms with E-state index in [0.29, 0.717) is 19.3 Å². The molecule has 0 fully saturated rings. The van der Waals surface area contributed by atoms with E-state index in [2.05, 4.69) is 15.3 Å². The van der Waals surface area contributed by atoms with Crippen LogP contribution in [0.5, 0.6) is 0 Å². The average Bonchev–Trinajstić information content (AvgIpc) is 2.23. The van der Waals surface area contributed by atoms with Crippen LogP contribution in [0.25, 0.3) is 0 Å². The van der Waals surface area contributed by atoms with Crippen molar-refractivity contribution in [1.29, 1.82) is 0 Å². The molecule has 0 spiro atoms. The zero-order valence-electron chi connectivity index (χ0n) is 8.76. The van der Waals surface area contributed by atoms with Gasteiger partial charge in [-0.25, -0.2) is 23.5 Å². The number of hydrogen-bond acceptors (Lipinski definition) is 6. The molecule has 0 saturated carbocycles. The van der Waals surface area contributed by atoms with E-state index in [-0.39, 0.29) is 22.3 Å². The summed E-state index contributed by atoms with van der Waals surface area (Å²) in [7, 11) is -3.47. The van der Waals surface area contributed by atoms with E-state index in [1.54, 1.807) is 0 Å². The molecule has 7 nitrogen and oxygen atoms in total. The van der Waals surface area contributed by atoms with Crippen molar-refractivity contribution < 1.29 is 13.2 Å². The van der Waals surface area contributed by atoms with Gasteiger partial charge in [-0.3, -0.25) is 4.79 Å². The molecule has 1 aromatic heterocycles. The highest BCUT2D eigenvalue weighted by atomic mass is 35.5. The quantitative estimate of drug-likeness (QED) is 0.431. The van der Waals surface area contributed by atoms with Crippen LogP contribution in [-0.2, 0) is 10.0 Å². The third kappa shape index (κ3) is 4.63. The zero-order chi connectivity index (χ0) is 12.9. The second-order valence-electron chi connectivity index (χ2n) is 3.19. The topological polar surface area (TPSA) is 115 Å². The number of primary sulfonamides is 1. The number of nitrogens with one attached hydrogen (secondary N) is 1. The van der Waals surface area contributed by atoms with Crippen molar-refractivity contribution in [2.75, 3.05) is 17.6 Å². The minimum absolute atomic E-state index is 0.0453. The lowest BCUT2D eigenvalue weighted by atomic mass is 10.3. The number of carbonyl (C=O) groups is 1. The van der Waals surface area contributed by atoms with Gasteiger partial charge in [-0.15, -0.1) is 0 Å². The minimum atomic E-state index is -3.47. The van der Waals surface area contributed by atoms with Gasteiger partial charge in [0.1, 0.15) is 17.3 Å². The average molecular weight is 279 g/mol. The number of carbonyl (C=O) groups excluding carboxylic acids is 1. The van der Waals surface area contributed by atoms with Crippen LogP contribution in [0.1, 0.15) is 16.8 Å². The molecule has 0 aliphatic rings. The van der Waals surface area contributed by atoms with E-state index >= 15 is 0 Å². The van der Waals surface area contributed by atoms with Crippen LogP contribution in [0.15, 0.2) is 6.33 Å². The summed E-state index contributed by atoms with van der Waals surface area (Å²) < 4.78 is 21.3. The molecule has 0 bridgehead atoms. The highest BCUT2D eigenvalue weighted by Gasteiger charge is 2.08. The van der Waals surface area contributed by atoms with Crippen LogP contribution in [0, 0.1) is 0 Å². The Hall–Kier alpha value is -1.25. The number of rotatable bonds is 6. The van der Waals surface area contributed by atoms with Crippen LogP contribution < -0.4 is 10.5 Å². The predicted molar refractivity (Wildman–Crippen MR) is 63.5 cm³/mol. The third-order valence-corrected chi connectivity index (χ3v) is 3.01. The standard InChI is InChI=1S/C8H11ClN4O3S/c9-7-6(4-14)8(13-5-12-7)11-2-1-3-17(10,15)16/h4-5H,1-3H2,(H2,10,15,16)(H,11,12,13). The first-order valence-electron chi connectivity index (χ1n) is 4.64. The Morgan fingerprint density at radius 3 is 2.76 bits per heavy atom. The van der Waals surface area contributed by atoms with E-state index in [1.807, 2.05) is 0 Å². The second kappa shape index (κ2) is 5.89. The van der Waals surface area contributed by atoms with Gasteiger partial charge in [-0.05, 0) is 6.42 Å². The molecule has 1 rings (SSSR count). The van der Waals surface area contributed by atoms with Gasteiger partial charge in [-0.1, -0.05) is 11.6 Å². The molecule has 0 aromatic carbocycles. The first kappa shape index (κ1) is 13.8. The maximum atomic E-state index is 10.7. The van der Waals surface area contributed by atoms with Crippen LogP contribution in [-0.4, -0.2) is 37.0 Å².